The van der Waals surface area contributed by atoms with Gasteiger partial charge in [-0.2, -0.15) is 0 Å². The Bertz CT molecular complexity index is 2820. The lowest BCUT2D eigenvalue weighted by Gasteiger charge is -2.19. The first-order valence-electron chi connectivity index (χ1n) is 20.0. The molecule has 0 aliphatic heterocycles. The first-order chi connectivity index (χ1) is 31.3. The van der Waals surface area contributed by atoms with Gasteiger partial charge >= 0.3 is 23.9 Å². The number of esters is 4. The van der Waals surface area contributed by atoms with Gasteiger partial charge in [-0.05, 0) is 104 Å². The van der Waals surface area contributed by atoms with Crippen molar-refractivity contribution in [3.05, 3.63) is 206 Å². The van der Waals surface area contributed by atoms with Gasteiger partial charge in [-0.3, -0.25) is 0 Å². The van der Waals surface area contributed by atoms with Crippen LogP contribution in [0.2, 0.25) is 0 Å². The van der Waals surface area contributed by atoms with Crippen LogP contribution in [0.1, 0.15) is 20.7 Å². The summed E-state index contributed by atoms with van der Waals surface area (Å²) in [6.07, 6.45) is 2.13. The molecule has 10 heteroatoms. The summed E-state index contributed by atoms with van der Waals surface area (Å²) in [5, 5.41) is 3.38. The summed E-state index contributed by atoms with van der Waals surface area (Å²) in [6.45, 7) is 6.25. The molecule has 0 atom stereocenters. The first-order valence-corrected chi connectivity index (χ1v) is 20.0. The summed E-state index contributed by atoms with van der Waals surface area (Å²) in [7, 11) is 0. The summed E-state index contributed by atoms with van der Waals surface area (Å²) in [5.41, 5.74) is 5.31. The van der Waals surface area contributed by atoms with E-state index >= 15 is 0 Å². The summed E-state index contributed by atoms with van der Waals surface area (Å²) >= 11 is 0. The molecule has 10 nitrogen and oxygen atoms in total. The Balaban J connectivity index is 1.05. The van der Waals surface area contributed by atoms with E-state index in [0.717, 1.165) is 56.0 Å². The van der Waals surface area contributed by atoms with Crippen LogP contribution in [-0.4, -0.2) is 37.5 Å². The van der Waals surface area contributed by atoms with E-state index in [2.05, 4.69) is 13.2 Å². The SMILES string of the molecule is C=CC(=O)OCOc1ccc(-c2ccc(C(=O)Oc3ccc4ccccc4c3-c3c(OC(=O)c4ccc(-c5ccc(OCOC(=O)C=C)cc5)cc4)ccc4ccccc34)cc2)cc1. The Hall–Kier alpha value is -8.76. The van der Waals surface area contributed by atoms with E-state index in [1.165, 1.54) is 0 Å². The van der Waals surface area contributed by atoms with Crippen LogP contribution >= 0.6 is 0 Å². The lowest BCUT2D eigenvalue weighted by molar-refractivity contribution is -0.145. The summed E-state index contributed by atoms with van der Waals surface area (Å²) < 4.78 is 33.1. The number of hydrogen-bond donors (Lipinski definition) is 0. The number of ether oxygens (including phenoxy) is 6. The van der Waals surface area contributed by atoms with Crippen molar-refractivity contribution >= 4 is 45.4 Å². The Morgan fingerprint density at radius 3 is 1.11 bits per heavy atom. The molecule has 8 aromatic rings. The van der Waals surface area contributed by atoms with E-state index in [9.17, 15) is 19.2 Å². The van der Waals surface area contributed by atoms with Crippen molar-refractivity contribution in [2.24, 2.45) is 0 Å². The number of hydrogen-bond acceptors (Lipinski definition) is 10. The predicted octanol–water partition coefficient (Wildman–Crippen LogP) is 11.6. The number of fused-ring (bicyclic) bond motifs is 2. The largest absolute Gasteiger partial charge is 0.457 e. The van der Waals surface area contributed by atoms with Gasteiger partial charge in [0.1, 0.15) is 23.0 Å². The van der Waals surface area contributed by atoms with Crippen molar-refractivity contribution in [1.29, 1.82) is 0 Å². The normalized spacial score (nSPS) is 10.7. The molecule has 0 aliphatic carbocycles. The molecule has 8 rings (SSSR count). The fraction of sp³-hybridized carbons (Fsp3) is 0.0370. The second-order valence-electron chi connectivity index (χ2n) is 14.2. The van der Waals surface area contributed by atoms with Crippen LogP contribution in [0.25, 0.3) is 54.9 Å². The third-order valence-electron chi connectivity index (χ3n) is 10.2. The van der Waals surface area contributed by atoms with Crippen LogP contribution in [0.3, 0.4) is 0 Å². The molecule has 0 saturated carbocycles. The molecule has 0 bridgehead atoms. The third kappa shape index (κ3) is 9.57. The molecule has 0 unspecified atom stereocenters. The second kappa shape index (κ2) is 19.3. The van der Waals surface area contributed by atoms with E-state index in [1.54, 1.807) is 60.7 Å². The van der Waals surface area contributed by atoms with Crippen molar-refractivity contribution in [3.8, 4) is 56.4 Å². The number of benzene rings is 8. The van der Waals surface area contributed by atoms with Crippen LogP contribution in [0, 0.1) is 0 Å². The maximum atomic E-state index is 13.9. The van der Waals surface area contributed by atoms with E-state index in [4.69, 9.17) is 28.4 Å². The highest BCUT2D eigenvalue weighted by Crippen LogP contribution is 2.46. The lowest BCUT2D eigenvalue weighted by atomic mass is 9.92. The highest BCUT2D eigenvalue weighted by atomic mass is 16.7. The van der Waals surface area contributed by atoms with E-state index < -0.39 is 23.9 Å². The Morgan fingerprint density at radius 2 is 0.750 bits per heavy atom. The zero-order valence-corrected chi connectivity index (χ0v) is 34.2. The van der Waals surface area contributed by atoms with Crippen molar-refractivity contribution in [3.63, 3.8) is 0 Å². The molecule has 314 valence electrons. The molecular formula is C54H38O10. The molecule has 0 spiro atoms. The third-order valence-corrected chi connectivity index (χ3v) is 10.2. The van der Waals surface area contributed by atoms with E-state index in [-0.39, 0.29) is 25.1 Å². The average molecular weight is 847 g/mol. The fourth-order valence-corrected chi connectivity index (χ4v) is 7.02. The van der Waals surface area contributed by atoms with E-state index in [1.807, 2.05) is 109 Å². The molecule has 0 radical (unpaired) electrons. The smallest absolute Gasteiger partial charge is 0.343 e. The fourth-order valence-electron chi connectivity index (χ4n) is 7.02. The zero-order chi connectivity index (χ0) is 44.4. The van der Waals surface area contributed by atoms with Gasteiger partial charge in [-0.1, -0.05) is 122 Å². The predicted molar refractivity (Wildman–Crippen MR) is 244 cm³/mol. The average Bonchev–Trinajstić information content (AvgIpc) is 3.34. The van der Waals surface area contributed by atoms with Crippen LogP contribution in [-0.2, 0) is 19.1 Å². The maximum absolute atomic E-state index is 13.9. The Kier molecular flexibility index (Phi) is 12.7. The minimum atomic E-state index is -0.577. The minimum Gasteiger partial charge on any atom is -0.457 e. The van der Waals surface area contributed by atoms with Gasteiger partial charge in [0, 0.05) is 23.3 Å². The number of carbonyl (C=O) groups excluding carboxylic acids is 4. The monoisotopic (exact) mass is 846 g/mol. The number of carbonyl (C=O) groups is 4. The van der Waals surface area contributed by atoms with Crippen LogP contribution in [0.15, 0.2) is 195 Å². The zero-order valence-electron chi connectivity index (χ0n) is 34.2. The molecule has 0 aromatic heterocycles. The van der Waals surface area contributed by atoms with Crippen molar-refractivity contribution in [2.45, 2.75) is 0 Å². The van der Waals surface area contributed by atoms with E-state index in [0.29, 0.717) is 33.8 Å². The van der Waals surface area contributed by atoms with Gasteiger partial charge in [-0.15, -0.1) is 0 Å². The van der Waals surface area contributed by atoms with Gasteiger partial charge in [0.2, 0.25) is 13.6 Å². The highest BCUT2D eigenvalue weighted by molar-refractivity contribution is 6.11. The standard InChI is InChI=1S/C54H38O10/c1-3-49(55)61-33-59-43-27-21-37(22-28-43)35-13-17-41(18-14-35)53(57)63-47-31-25-39-9-5-7-11-45(39)51(47)52-46-12-8-6-10-40(46)26-32-48(52)64-54(58)42-19-15-36(16-20-42)38-23-29-44(30-24-38)60-34-62-50(56)4-2/h3-32H,1-2,33-34H2. The Labute approximate surface area is 368 Å². The van der Waals surface area contributed by atoms with Crippen molar-refractivity contribution < 1.29 is 47.6 Å². The molecule has 64 heavy (non-hydrogen) atoms. The second-order valence-corrected chi connectivity index (χ2v) is 14.2. The van der Waals surface area contributed by atoms with Crippen LogP contribution in [0.4, 0.5) is 0 Å². The molecule has 0 fully saturated rings. The molecule has 0 saturated heterocycles. The van der Waals surface area contributed by atoms with Gasteiger partial charge in [0.05, 0.1) is 11.1 Å². The van der Waals surface area contributed by atoms with Gasteiger partial charge in [-0.25, -0.2) is 19.2 Å². The first kappa shape index (κ1) is 42.0. The molecule has 0 N–H and O–H groups in total. The summed E-state index contributed by atoms with van der Waals surface area (Å²) in [5.74, 6) is -0.690. The molecular weight excluding hydrogens is 809 g/mol. The minimum absolute atomic E-state index is 0.238. The molecule has 0 heterocycles. The van der Waals surface area contributed by atoms with Crippen molar-refractivity contribution in [2.75, 3.05) is 13.6 Å². The van der Waals surface area contributed by atoms with Crippen LogP contribution < -0.4 is 18.9 Å². The Morgan fingerprint density at radius 1 is 0.406 bits per heavy atom. The lowest BCUT2D eigenvalue weighted by Crippen LogP contribution is -2.11. The van der Waals surface area contributed by atoms with Crippen molar-refractivity contribution in [1.82, 2.24) is 0 Å². The van der Waals surface area contributed by atoms with Gasteiger partial charge < -0.3 is 28.4 Å². The topological polar surface area (TPSA) is 124 Å². The molecule has 8 aromatic carbocycles. The molecule has 0 aliphatic rings. The summed E-state index contributed by atoms with van der Waals surface area (Å²) in [6, 6.07) is 51.4. The quantitative estimate of drug-likeness (QED) is 0.0426. The van der Waals surface area contributed by atoms with Gasteiger partial charge in [0.15, 0.2) is 0 Å². The number of rotatable bonds is 15. The maximum Gasteiger partial charge on any atom is 0.343 e. The summed E-state index contributed by atoms with van der Waals surface area (Å²) in [4.78, 5) is 50.5. The highest BCUT2D eigenvalue weighted by Gasteiger charge is 2.23. The van der Waals surface area contributed by atoms with Crippen LogP contribution in [0.5, 0.6) is 23.0 Å². The van der Waals surface area contributed by atoms with Gasteiger partial charge in [0.25, 0.3) is 0 Å². The molecule has 0 amide bonds.